The van der Waals surface area contributed by atoms with Crippen molar-refractivity contribution in [2.24, 2.45) is 5.73 Å². The molecule has 1 aromatic rings. The van der Waals surface area contributed by atoms with Gasteiger partial charge in [0, 0.05) is 18.6 Å². The number of halogens is 3. The molecule has 2 nitrogen and oxygen atoms in total. The highest BCUT2D eigenvalue weighted by Gasteiger charge is 2.30. The van der Waals surface area contributed by atoms with Gasteiger partial charge in [-0.25, -0.2) is 8.78 Å². The summed E-state index contributed by atoms with van der Waals surface area (Å²) in [6.45, 7) is 0.353. The molecule has 0 amide bonds. The molecule has 1 unspecified atom stereocenters. The van der Waals surface area contributed by atoms with Gasteiger partial charge in [0.1, 0.15) is 11.5 Å². The molecule has 1 atom stereocenters. The maximum absolute atomic E-state index is 14.6. The van der Waals surface area contributed by atoms with E-state index in [1.807, 2.05) is 0 Å². The molecule has 0 aliphatic carbocycles. The Bertz CT molecular complexity index is 389. The Labute approximate surface area is 111 Å². The Balaban J connectivity index is 2.84. The molecule has 102 valence electrons. The van der Waals surface area contributed by atoms with Crippen LogP contribution in [0.25, 0.3) is 0 Å². The first-order valence-corrected chi connectivity index (χ1v) is 6.20. The molecule has 0 bridgehead atoms. The lowest BCUT2D eigenvalue weighted by molar-refractivity contribution is 0.0334. The van der Waals surface area contributed by atoms with Gasteiger partial charge in [0.2, 0.25) is 0 Å². The topological polar surface area (TPSA) is 35.2 Å². The first-order chi connectivity index (χ1) is 8.50. The lowest BCUT2D eigenvalue weighted by Crippen LogP contribution is -2.32. The van der Waals surface area contributed by atoms with Gasteiger partial charge >= 0.3 is 0 Å². The zero-order valence-electron chi connectivity index (χ0n) is 10.4. The fourth-order valence-corrected chi connectivity index (χ4v) is 2.09. The van der Waals surface area contributed by atoms with Gasteiger partial charge < -0.3 is 10.5 Å². The van der Waals surface area contributed by atoms with Crippen LogP contribution in [0.5, 0.6) is 0 Å². The average molecular weight is 278 g/mol. The summed E-state index contributed by atoms with van der Waals surface area (Å²) in [4.78, 5) is 0. The monoisotopic (exact) mass is 277 g/mol. The van der Waals surface area contributed by atoms with Crippen molar-refractivity contribution in [3.8, 4) is 0 Å². The van der Waals surface area contributed by atoms with Crippen LogP contribution >= 0.6 is 11.6 Å². The molecule has 0 radical (unpaired) electrons. The van der Waals surface area contributed by atoms with Gasteiger partial charge in [-0.1, -0.05) is 11.6 Å². The van der Waals surface area contributed by atoms with Gasteiger partial charge in [0.25, 0.3) is 0 Å². The van der Waals surface area contributed by atoms with Crippen molar-refractivity contribution >= 4 is 11.6 Å². The largest absolute Gasteiger partial charge is 0.381 e. The summed E-state index contributed by atoms with van der Waals surface area (Å²) in [5.41, 5.74) is 4.27. The van der Waals surface area contributed by atoms with E-state index in [1.54, 1.807) is 0 Å². The Morgan fingerprint density at radius 2 is 2.17 bits per heavy atom. The van der Waals surface area contributed by atoms with E-state index in [0.717, 1.165) is 0 Å². The van der Waals surface area contributed by atoms with E-state index in [4.69, 9.17) is 22.1 Å². The summed E-state index contributed by atoms with van der Waals surface area (Å²) in [7, 11) is 1.43. The van der Waals surface area contributed by atoms with E-state index in [9.17, 15) is 8.78 Å². The van der Waals surface area contributed by atoms with Crippen molar-refractivity contribution in [3.05, 3.63) is 34.6 Å². The highest BCUT2D eigenvalue weighted by Crippen LogP contribution is 2.28. The smallest absolute Gasteiger partial charge is 0.138 e. The minimum absolute atomic E-state index is 0.0252. The fourth-order valence-electron chi connectivity index (χ4n) is 1.91. The van der Waals surface area contributed by atoms with E-state index in [2.05, 4.69) is 0 Å². The van der Waals surface area contributed by atoms with Crippen LogP contribution in [0.4, 0.5) is 8.78 Å². The van der Waals surface area contributed by atoms with Crippen LogP contribution in [0.15, 0.2) is 18.2 Å². The molecule has 1 aromatic carbocycles. The first-order valence-electron chi connectivity index (χ1n) is 5.82. The molecule has 0 aliphatic heterocycles. The molecule has 0 saturated carbocycles. The van der Waals surface area contributed by atoms with Crippen LogP contribution in [-0.4, -0.2) is 25.9 Å². The number of benzene rings is 1. The van der Waals surface area contributed by atoms with E-state index in [0.29, 0.717) is 23.6 Å². The Morgan fingerprint density at radius 1 is 1.44 bits per heavy atom. The van der Waals surface area contributed by atoms with Gasteiger partial charge in [-0.15, -0.1) is 0 Å². The normalized spacial score (nSPS) is 14.5. The van der Waals surface area contributed by atoms with E-state index >= 15 is 0 Å². The molecule has 0 spiro atoms. The van der Waals surface area contributed by atoms with Gasteiger partial charge in [-0.3, -0.25) is 0 Å². The van der Waals surface area contributed by atoms with Gasteiger partial charge in [-0.2, -0.15) is 0 Å². The first kappa shape index (κ1) is 15.3. The lowest BCUT2D eigenvalue weighted by atomic mass is 9.92. The standard InChI is InChI=1S/C13H18ClF2NO/c1-18-9-13(16,5-2-6-17)8-10-7-11(15)3-4-12(10)14/h3-4,7H,2,5-6,8-9,17H2,1H3. The third-order valence-electron chi connectivity index (χ3n) is 2.75. The SMILES string of the molecule is COCC(F)(CCCN)Cc1cc(F)ccc1Cl. The van der Waals surface area contributed by atoms with Crippen molar-refractivity contribution < 1.29 is 13.5 Å². The second-order valence-electron chi connectivity index (χ2n) is 4.39. The molecule has 5 heteroatoms. The van der Waals surface area contributed by atoms with Crippen LogP contribution < -0.4 is 5.73 Å². The van der Waals surface area contributed by atoms with Crippen molar-refractivity contribution in [2.75, 3.05) is 20.3 Å². The molecule has 0 heterocycles. The van der Waals surface area contributed by atoms with Crippen LogP contribution in [0.1, 0.15) is 18.4 Å². The molecular formula is C13H18ClF2NO. The summed E-state index contributed by atoms with van der Waals surface area (Å²) in [5, 5.41) is 0.363. The van der Waals surface area contributed by atoms with Crippen LogP contribution in [0, 0.1) is 5.82 Å². The van der Waals surface area contributed by atoms with Gasteiger partial charge in [0.05, 0.1) is 6.61 Å². The minimum atomic E-state index is -1.56. The zero-order chi connectivity index (χ0) is 13.6. The molecule has 0 saturated heterocycles. The van der Waals surface area contributed by atoms with Gasteiger partial charge in [0.15, 0.2) is 0 Å². The highest BCUT2D eigenvalue weighted by molar-refractivity contribution is 6.31. The predicted octanol–water partition coefficient (Wildman–Crippen LogP) is 3.12. The third-order valence-corrected chi connectivity index (χ3v) is 3.12. The lowest BCUT2D eigenvalue weighted by Gasteiger charge is -2.25. The molecule has 0 aliphatic rings. The molecule has 0 fully saturated rings. The number of ether oxygens (including phenoxy) is 1. The fraction of sp³-hybridized carbons (Fsp3) is 0.538. The Hall–Kier alpha value is -0.710. The highest BCUT2D eigenvalue weighted by atomic mass is 35.5. The van der Waals surface area contributed by atoms with E-state index < -0.39 is 11.5 Å². The maximum atomic E-state index is 14.6. The average Bonchev–Trinajstić information content (AvgIpc) is 2.32. The molecule has 0 aromatic heterocycles. The maximum Gasteiger partial charge on any atom is 0.138 e. The summed E-state index contributed by atoms with van der Waals surface area (Å²) in [6.07, 6.45) is 0.842. The quantitative estimate of drug-likeness (QED) is 0.831. The minimum Gasteiger partial charge on any atom is -0.381 e. The summed E-state index contributed by atoms with van der Waals surface area (Å²) < 4.78 is 32.6. The number of rotatable bonds is 7. The molecular weight excluding hydrogens is 260 g/mol. The van der Waals surface area contributed by atoms with Crippen LogP contribution in [0.3, 0.4) is 0 Å². The van der Waals surface area contributed by atoms with E-state index in [-0.39, 0.29) is 19.4 Å². The van der Waals surface area contributed by atoms with E-state index in [1.165, 1.54) is 25.3 Å². The second kappa shape index (κ2) is 7.02. The summed E-state index contributed by atoms with van der Waals surface area (Å²) >= 11 is 5.94. The van der Waals surface area contributed by atoms with Crippen molar-refractivity contribution in [1.29, 1.82) is 0 Å². The number of methoxy groups -OCH3 is 1. The summed E-state index contributed by atoms with van der Waals surface area (Å²) in [5.74, 6) is -0.423. The summed E-state index contributed by atoms with van der Waals surface area (Å²) in [6, 6.07) is 3.94. The van der Waals surface area contributed by atoms with Crippen LogP contribution in [0.2, 0.25) is 5.02 Å². The van der Waals surface area contributed by atoms with Gasteiger partial charge in [-0.05, 0) is 43.1 Å². The number of hydrogen-bond donors (Lipinski definition) is 1. The predicted molar refractivity (Wildman–Crippen MR) is 69.1 cm³/mol. The molecule has 1 rings (SSSR count). The molecule has 18 heavy (non-hydrogen) atoms. The van der Waals surface area contributed by atoms with Crippen LogP contribution in [-0.2, 0) is 11.2 Å². The van der Waals surface area contributed by atoms with Crippen molar-refractivity contribution in [3.63, 3.8) is 0 Å². The van der Waals surface area contributed by atoms with Crippen molar-refractivity contribution in [2.45, 2.75) is 24.9 Å². The van der Waals surface area contributed by atoms with Crippen molar-refractivity contribution in [1.82, 2.24) is 0 Å². The Morgan fingerprint density at radius 3 is 2.78 bits per heavy atom. The second-order valence-corrected chi connectivity index (χ2v) is 4.80. The molecule has 2 N–H and O–H groups in total. The third kappa shape index (κ3) is 4.52. The Kier molecular flexibility index (Phi) is 5.99. The number of hydrogen-bond acceptors (Lipinski definition) is 2. The zero-order valence-corrected chi connectivity index (χ0v) is 11.1. The number of nitrogens with two attached hydrogens (primary N) is 1. The number of alkyl halides is 1.